The van der Waals surface area contributed by atoms with Crippen LogP contribution >= 0.6 is 0 Å². The fraction of sp³-hybridized carbons (Fsp3) is 0.636. The van der Waals surface area contributed by atoms with E-state index in [-0.39, 0.29) is 0 Å². The molecule has 0 unspecified atom stereocenters. The molecule has 0 saturated heterocycles. The van der Waals surface area contributed by atoms with E-state index < -0.39 is 11.7 Å². The van der Waals surface area contributed by atoms with Gasteiger partial charge in [0.05, 0.1) is 6.54 Å². The van der Waals surface area contributed by atoms with Crippen molar-refractivity contribution in [2.24, 2.45) is 4.99 Å². The predicted octanol–water partition coefficient (Wildman–Crippen LogP) is 3.11. The van der Waals surface area contributed by atoms with Gasteiger partial charge in [-0.25, -0.2) is 9.79 Å². The Labute approximate surface area is 176 Å². The van der Waals surface area contributed by atoms with Crippen molar-refractivity contribution in [3.05, 3.63) is 35.4 Å². The van der Waals surface area contributed by atoms with E-state index in [0.29, 0.717) is 19.6 Å². The molecule has 0 aromatic heterocycles. The van der Waals surface area contributed by atoms with Gasteiger partial charge in [0.1, 0.15) is 5.60 Å². The summed E-state index contributed by atoms with van der Waals surface area (Å²) in [6, 6.07) is 8.57. The monoisotopic (exact) mass is 405 g/mol. The highest BCUT2D eigenvalue weighted by Gasteiger charge is 2.15. The summed E-state index contributed by atoms with van der Waals surface area (Å²) in [6.07, 6.45) is -0.411. The second-order valence-corrected chi connectivity index (χ2v) is 7.83. The number of alkyl carbamates (subject to hydrolysis) is 1. The summed E-state index contributed by atoms with van der Waals surface area (Å²) in [5.74, 6) is 0.729. The molecule has 7 nitrogen and oxygen atoms in total. The molecule has 1 aromatic carbocycles. The Morgan fingerprint density at radius 3 is 2.31 bits per heavy atom. The van der Waals surface area contributed by atoms with E-state index in [1.54, 1.807) is 0 Å². The fourth-order valence-corrected chi connectivity index (χ4v) is 2.70. The average molecular weight is 406 g/mol. The normalized spacial score (nSPS) is 12.0. The van der Waals surface area contributed by atoms with E-state index in [0.717, 1.165) is 32.1 Å². The van der Waals surface area contributed by atoms with Crippen LogP contribution in [0, 0.1) is 0 Å². The lowest BCUT2D eigenvalue weighted by Gasteiger charge is -2.20. The van der Waals surface area contributed by atoms with Crippen molar-refractivity contribution in [2.75, 3.05) is 32.7 Å². The number of carbonyl (C=O) groups excluding carboxylic acids is 1. The van der Waals surface area contributed by atoms with Gasteiger partial charge in [-0.15, -0.1) is 0 Å². The molecular weight excluding hydrogens is 366 g/mol. The molecule has 164 valence electrons. The first-order chi connectivity index (χ1) is 13.8. The maximum absolute atomic E-state index is 11.7. The summed E-state index contributed by atoms with van der Waals surface area (Å²) >= 11 is 0. The van der Waals surface area contributed by atoms with E-state index in [9.17, 15) is 4.79 Å². The summed E-state index contributed by atoms with van der Waals surface area (Å²) in [6.45, 7) is 17.4. The number of carbonyl (C=O) groups is 1. The van der Waals surface area contributed by atoms with Crippen LogP contribution in [-0.2, 0) is 17.8 Å². The lowest BCUT2D eigenvalue weighted by atomic mass is 10.1. The van der Waals surface area contributed by atoms with Gasteiger partial charge in [0.2, 0.25) is 0 Å². The highest BCUT2D eigenvalue weighted by Crippen LogP contribution is 2.09. The summed E-state index contributed by atoms with van der Waals surface area (Å²) in [5, 5.41) is 9.20. The highest BCUT2D eigenvalue weighted by molar-refractivity contribution is 5.79. The molecule has 0 radical (unpaired) electrons. The van der Waals surface area contributed by atoms with Crippen LogP contribution in [0.1, 0.15) is 52.7 Å². The first kappa shape index (κ1) is 24.8. The fourth-order valence-electron chi connectivity index (χ4n) is 2.70. The van der Waals surface area contributed by atoms with Crippen LogP contribution in [0.4, 0.5) is 4.79 Å². The van der Waals surface area contributed by atoms with Crippen LogP contribution in [0.3, 0.4) is 0 Å². The second kappa shape index (κ2) is 13.0. The van der Waals surface area contributed by atoms with E-state index >= 15 is 0 Å². The number of guanidine groups is 1. The average Bonchev–Trinajstić information content (AvgIpc) is 2.66. The third kappa shape index (κ3) is 11.3. The highest BCUT2D eigenvalue weighted by atomic mass is 16.6. The van der Waals surface area contributed by atoms with E-state index in [1.807, 2.05) is 27.7 Å². The molecule has 0 fully saturated rings. The molecule has 1 amide bonds. The third-order valence-electron chi connectivity index (χ3n) is 4.14. The van der Waals surface area contributed by atoms with Crippen LogP contribution in [0.25, 0.3) is 0 Å². The molecule has 0 saturated carbocycles. The maximum Gasteiger partial charge on any atom is 0.407 e. The summed E-state index contributed by atoms with van der Waals surface area (Å²) in [4.78, 5) is 18.7. The standard InChI is InChI=1S/C22H39N5O2/c1-7-23-20(24-13-14-25-21(28)29-22(4,5)6)26-16-18-11-10-12-19(15-18)17-27(8-2)9-3/h10-12,15H,7-9,13-14,16-17H2,1-6H3,(H,25,28)(H2,23,24,26). The van der Waals surface area contributed by atoms with Crippen LogP contribution in [0.2, 0.25) is 0 Å². The zero-order chi connectivity index (χ0) is 21.7. The van der Waals surface area contributed by atoms with Gasteiger partial charge in [-0.3, -0.25) is 4.90 Å². The van der Waals surface area contributed by atoms with Crippen LogP contribution in [-0.4, -0.2) is 55.3 Å². The van der Waals surface area contributed by atoms with Crippen molar-refractivity contribution in [1.82, 2.24) is 20.9 Å². The molecule has 0 heterocycles. The van der Waals surface area contributed by atoms with Gasteiger partial charge in [-0.05, 0) is 51.9 Å². The van der Waals surface area contributed by atoms with Crippen molar-refractivity contribution < 1.29 is 9.53 Å². The smallest absolute Gasteiger partial charge is 0.407 e. The van der Waals surface area contributed by atoms with Crippen LogP contribution in [0.15, 0.2) is 29.3 Å². The summed E-state index contributed by atoms with van der Waals surface area (Å²) < 4.78 is 5.23. The molecule has 0 bridgehead atoms. The van der Waals surface area contributed by atoms with Crippen molar-refractivity contribution >= 4 is 12.1 Å². The number of ether oxygens (including phenoxy) is 1. The van der Waals surface area contributed by atoms with Gasteiger partial charge in [-0.2, -0.15) is 0 Å². The zero-order valence-corrected chi connectivity index (χ0v) is 19.0. The largest absolute Gasteiger partial charge is 0.444 e. The Bertz CT molecular complexity index is 636. The van der Waals surface area contributed by atoms with Crippen molar-refractivity contribution in [3.8, 4) is 0 Å². The van der Waals surface area contributed by atoms with Crippen LogP contribution < -0.4 is 16.0 Å². The zero-order valence-electron chi connectivity index (χ0n) is 19.0. The Morgan fingerprint density at radius 1 is 1.03 bits per heavy atom. The Kier molecular flexibility index (Phi) is 11.1. The molecule has 1 rings (SSSR count). The number of hydrogen-bond donors (Lipinski definition) is 3. The molecule has 0 spiro atoms. The van der Waals surface area contributed by atoms with Gasteiger partial charge >= 0.3 is 6.09 Å². The Hall–Kier alpha value is -2.28. The summed E-state index contributed by atoms with van der Waals surface area (Å²) in [5.41, 5.74) is 1.99. The molecule has 7 heteroatoms. The third-order valence-corrected chi connectivity index (χ3v) is 4.14. The Balaban J connectivity index is 2.54. The topological polar surface area (TPSA) is 78.0 Å². The molecule has 0 aliphatic heterocycles. The van der Waals surface area contributed by atoms with Gasteiger partial charge in [0, 0.05) is 26.2 Å². The minimum atomic E-state index is -0.492. The molecule has 3 N–H and O–H groups in total. The first-order valence-electron chi connectivity index (χ1n) is 10.6. The van der Waals surface area contributed by atoms with Gasteiger partial charge in [0.25, 0.3) is 0 Å². The molecule has 29 heavy (non-hydrogen) atoms. The van der Waals surface area contributed by atoms with Crippen molar-refractivity contribution in [2.45, 2.75) is 60.2 Å². The summed E-state index contributed by atoms with van der Waals surface area (Å²) in [7, 11) is 0. The number of amides is 1. The molecule has 0 aliphatic carbocycles. The lowest BCUT2D eigenvalue weighted by Crippen LogP contribution is -2.42. The van der Waals surface area contributed by atoms with Gasteiger partial charge in [0.15, 0.2) is 5.96 Å². The number of hydrogen-bond acceptors (Lipinski definition) is 4. The minimum Gasteiger partial charge on any atom is -0.444 e. The van der Waals surface area contributed by atoms with E-state index in [2.05, 4.69) is 64.0 Å². The molecule has 1 aromatic rings. The van der Waals surface area contributed by atoms with E-state index in [1.165, 1.54) is 11.1 Å². The van der Waals surface area contributed by atoms with Crippen molar-refractivity contribution in [1.29, 1.82) is 0 Å². The van der Waals surface area contributed by atoms with Gasteiger partial charge < -0.3 is 20.7 Å². The first-order valence-corrected chi connectivity index (χ1v) is 10.6. The molecular formula is C22H39N5O2. The minimum absolute atomic E-state index is 0.411. The van der Waals surface area contributed by atoms with E-state index in [4.69, 9.17) is 4.74 Å². The SMILES string of the molecule is CCNC(=NCc1cccc(CN(CC)CC)c1)NCCNC(=O)OC(C)(C)C. The lowest BCUT2D eigenvalue weighted by molar-refractivity contribution is 0.0529. The van der Waals surface area contributed by atoms with Crippen molar-refractivity contribution in [3.63, 3.8) is 0 Å². The number of nitrogens with one attached hydrogen (secondary N) is 3. The number of nitrogens with zero attached hydrogens (tertiary/aromatic N) is 2. The predicted molar refractivity (Wildman–Crippen MR) is 120 cm³/mol. The molecule has 0 aliphatic rings. The van der Waals surface area contributed by atoms with Gasteiger partial charge in [-0.1, -0.05) is 38.1 Å². The van der Waals surface area contributed by atoms with Crippen LogP contribution in [0.5, 0.6) is 0 Å². The Morgan fingerprint density at radius 2 is 1.69 bits per heavy atom. The maximum atomic E-state index is 11.7. The molecule has 0 atom stereocenters. The second-order valence-electron chi connectivity index (χ2n) is 7.83. The number of benzene rings is 1. The number of rotatable bonds is 10. The number of aliphatic imine (C=N–C) groups is 1. The quantitative estimate of drug-likeness (QED) is 0.317.